The van der Waals surface area contributed by atoms with Gasteiger partial charge in [-0.1, -0.05) is 27.5 Å². The zero-order valence-corrected chi connectivity index (χ0v) is 14.4. The maximum atomic E-state index is 12.2. The molecule has 0 aliphatic rings. The molecule has 1 aromatic carbocycles. The highest BCUT2D eigenvalue weighted by Gasteiger charge is 2.12. The standard InChI is InChI=1S/C15H17BrClN3O/c1-19(9-11-8-18-20(2)10-11)6-5-15(21)13-4-3-12(16)7-14(13)17/h3-4,7-8,10H,5-6,9H2,1-2H3. The van der Waals surface area contributed by atoms with E-state index in [9.17, 15) is 4.79 Å². The molecule has 0 aliphatic heterocycles. The normalized spacial score (nSPS) is 11.1. The van der Waals surface area contributed by atoms with Gasteiger partial charge < -0.3 is 4.90 Å². The lowest BCUT2D eigenvalue weighted by Gasteiger charge is -2.15. The van der Waals surface area contributed by atoms with E-state index in [2.05, 4.69) is 25.9 Å². The lowest BCUT2D eigenvalue weighted by molar-refractivity contribution is 0.0968. The van der Waals surface area contributed by atoms with Crippen LogP contribution in [-0.4, -0.2) is 34.1 Å². The lowest BCUT2D eigenvalue weighted by Crippen LogP contribution is -2.21. The molecule has 6 heteroatoms. The molecule has 0 bridgehead atoms. The maximum absolute atomic E-state index is 12.2. The van der Waals surface area contributed by atoms with Gasteiger partial charge in [-0.15, -0.1) is 0 Å². The Hall–Kier alpha value is -1.17. The number of Topliss-reactive ketones (excluding diaryl/α,β-unsaturated/α-hetero) is 1. The summed E-state index contributed by atoms with van der Waals surface area (Å²) in [6.45, 7) is 1.45. The third-order valence-electron chi connectivity index (χ3n) is 3.16. The van der Waals surface area contributed by atoms with Gasteiger partial charge >= 0.3 is 0 Å². The van der Waals surface area contributed by atoms with Crippen molar-refractivity contribution in [3.8, 4) is 0 Å². The van der Waals surface area contributed by atoms with E-state index in [0.29, 0.717) is 23.6 Å². The lowest BCUT2D eigenvalue weighted by atomic mass is 10.1. The number of aryl methyl sites for hydroxylation is 1. The van der Waals surface area contributed by atoms with E-state index in [1.807, 2.05) is 32.6 Å². The highest BCUT2D eigenvalue weighted by molar-refractivity contribution is 9.10. The van der Waals surface area contributed by atoms with Gasteiger partial charge in [-0.05, 0) is 25.2 Å². The third kappa shape index (κ3) is 4.66. The van der Waals surface area contributed by atoms with Gasteiger partial charge in [0.05, 0.1) is 11.2 Å². The minimum Gasteiger partial charge on any atom is -0.302 e. The molecule has 0 N–H and O–H groups in total. The van der Waals surface area contributed by atoms with Crippen LogP contribution in [0.15, 0.2) is 35.1 Å². The van der Waals surface area contributed by atoms with Gasteiger partial charge in [-0.2, -0.15) is 5.10 Å². The molecule has 2 aromatic rings. The van der Waals surface area contributed by atoms with Crippen molar-refractivity contribution in [1.29, 1.82) is 0 Å². The first-order valence-electron chi connectivity index (χ1n) is 6.60. The van der Waals surface area contributed by atoms with Crippen LogP contribution in [0.25, 0.3) is 0 Å². The number of nitrogens with zero attached hydrogens (tertiary/aromatic N) is 3. The molecule has 1 heterocycles. The molecule has 0 fully saturated rings. The van der Waals surface area contributed by atoms with Crippen LogP contribution in [0.4, 0.5) is 0 Å². The SMILES string of the molecule is CN(CCC(=O)c1ccc(Br)cc1Cl)Cc1cnn(C)c1. The second kappa shape index (κ2) is 7.20. The fraction of sp³-hybridized carbons (Fsp3) is 0.333. The summed E-state index contributed by atoms with van der Waals surface area (Å²) in [4.78, 5) is 14.3. The van der Waals surface area contributed by atoms with E-state index in [1.54, 1.807) is 16.8 Å². The second-order valence-corrected chi connectivity index (χ2v) is 6.38. The average Bonchev–Trinajstić information content (AvgIpc) is 2.81. The number of halogens is 2. The number of aromatic nitrogens is 2. The van der Waals surface area contributed by atoms with E-state index in [4.69, 9.17) is 11.6 Å². The predicted octanol–water partition coefficient (Wildman–Crippen LogP) is 3.54. The van der Waals surface area contributed by atoms with Gasteiger partial charge in [0.1, 0.15) is 0 Å². The number of carbonyl (C=O) groups is 1. The highest BCUT2D eigenvalue weighted by Crippen LogP contribution is 2.22. The molecule has 112 valence electrons. The van der Waals surface area contributed by atoms with Crippen LogP contribution >= 0.6 is 27.5 Å². The molecule has 1 aromatic heterocycles. The van der Waals surface area contributed by atoms with Crippen LogP contribution < -0.4 is 0 Å². The van der Waals surface area contributed by atoms with Gasteiger partial charge in [-0.25, -0.2) is 0 Å². The summed E-state index contributed by atoms with van der Waals surface area (Å²) >= 11 is 9.43. The molecule has 0 amide bonds. The summed E-state index contributed by atoms with van der Waals surface area (Å²) in [5, 5.41) is 4.62. The molecule has 0 radical (unpaired) electrons. The van der Waals surface area contributed by atoms with Crippen molar-refractivity contribution in [2.45, 2.75) is 13.0 Å². The Morgan fingerprint density at radius 1 is 1.48 bits per heavy atom. The number of hydrogen-bond acceptors (Lipinski definition) is 3. The molecule has 2 rings (SSSR count). The summed E-state index contributed by atoms with van der Waals surface area (Å²) in [7, 11) is 3.88. The number of hydrogen-bond donors (Lipinski definition) is 0. The minimum atomic E-state index is 0.0607. The first-order valence-corrected chi connectivity index (χ1v) is 7.77. The zero-order valence-electron chi connectivity index (χ0n) is 12.0. The van der Waals surface area contributed by atoms with Crippen LogP contribution in [0.1, 0.15) is 22.3 Å². The minimum absolute atomic E-state index is 0.0607. The molecule has 0 aliphatic carbocycles. The Kier molecular flexibility index (Phi) is 5.56. The quantitative estimate of drug-likeness (QED) is 0.730. The van der Waals surface area contributed by atoms with Crippen LogP contribution in [0.3, 0.4) is 0 Å². The van der Waals surface area contributed by atoms with Gasteiger partial charge in [0.15, 0.2) is 5.78 Å². The summed E-state index contributed by atoms with van der Waals surface area (Å²) in [6.07, 6.45) is 4.26. The maximum Gasteiger partial charge on any atom is 0.165 e. The smallest absolute Gasteiger partial charge is 0.165 e. The fourth-order valence-electron chi connectivity index (χ4n) is 2.09. The second-order valence-electron chi connectivity index (χ2n) is 5.06. The van der Waals surface area contributed by atoms with E-state index in [0.717, 1.165) is 16.6 Å². The third-order valence-corrected chi connectivity index (χ3v) is 3.97. The summed E-state index contributed by atoms with van der Waals surface area (Å²) < 4.78 is 2.65. The fourth-order valence-corrected chi connectivity index (χ4v) is 2.87. The van der Waals surface area contributed by atoms with Gasteiger partial charge in [0.25, 0.3) is 0 Å². The summed E-state index contributed by atoms with van der Waals surface area (Å²) in [5.41, 5.74) is 1.71. The number of rotatable bonds is 6. The van der Waals surface area contributed by atoms with Crippen LogP contribution in [0.5, 0.6) is 0 Å². The highest BCUT2D eigenvalue weighted by atomic mass is 79.9. The topological polar surface area (TPSA) is 38.1 Å². The molecular weight excluding hydrogens is 354 g/mol. The summed E-state index contributed by atoms with van der Waals surface area (Å²) in [6, 6.07) is 5.34. The molecule has 4 nitrogen and oxygen atoms in total. The van der Waals surface area contributed by atoms with E-state index >= 15 is 0 Å². The Labute approximate surface area is 137 Å². The summed E-state index contributed by atoms with van der Waals surface area (Å²) in [5.74, 6) is 0.0607. The van der Waals surface area contributed by atoms with Crippen molar-refractivity contribution < 1.29 is 4.79 Å². The molecule has 0 spiro atoms. The Balaban J connectivity index is 1.88. The predicted molar refractivity (Wildman–Crippen MR) is 87.6 cm³/mol. The van der Waals surface area contributed by atoms with Gasteiger partial charge in [0.2, 0.25) is 0 Å². The number of benzene rings is 1. The number of carbonyl (C=O) groups excluding carboxylic acids is 1. The monoisotopic (exact) mass is 369 g/mol. The van der Waals surface area contributed by atoms with E-state index < -0.39 is 0 Å². The van der Waals surface area contributed by atoms with E-state index in [-0.39, 0.29) is 5.78 Å². The van der Waals surface area contributed by atoms with Crippen molar-refractivity contribution in [3.05, 3.63) is 51.2 Å². The molecule has 0 unspecified atom stereocenters. The van der Waals surface area contributed by atoms with Gasteiger partial charge in [-0.3, -0.25) is 9.48 Å². The van der Waals surface area contributed by atoms with Crippen molar-refractivity contribution >= 4 is 33.3 Å². The first kappa shape index (κ1) is 16.2. The molecule has 0 saturated heterocycles. The first-order chi connectivity index (χ1) is 9.95. The molecular formula is C15H17BrClN3O. The van der Waals surface area contributed by atoms with Crippen LogP contribution in [0, 0.1) is 0 Å². The largest absolute Gasteiger partial charge is 0.302 e. The Morgan fingerprint density at radius 2 is 2.24 bits per heavy atom. The van der Waals surface area contributed by atoms with Gasteiger partial charge in [0, 0.05) is 48.4 Å². The van der Waals surface area contributed by atoms with E-state index in [1.165, 1.54) is 0 Å². The molecule has 21 heavy (non-hydrogen) atoms. The Bertz CT molecular complexity index is 642. The van der Waals surface area contributed by atoms with Crippen molar-refractivity contribution in [2.75, 3.05) is 13.6 Å². The average molecular weight is 371 g/mol. The number of ketones is 1. The zero-order chi connectivity index (χ0) is 15.4. The van der Waals surface area contributed by atoms with Crippen molar-refractivity contribution in [3.63, 3.8) is 0 Å². The van der Waals surface area contributed by atoms with Crippen LogP contribution in [0.2, 0.25) is 5.02 Å². The Morgan fingerprint density at radius 3 is 2.86 bits per heavy atom. The van der Waals surface area contributed by atoms with Crippen molar-refractivity contribution in [2.24, 2.45) is 7.05 Å². The van der Waals surface area contributed by atoms with Crippen LogP contribution in [-0.2, 0) is 13.6 Å². The molecule has 0 saturated carbocycles. The van der Waals surface area contributed by atoms with Crippen molar-refractivity contribution in [1.82, 2.24) is 14.7 Å². The molecule has 0 atom stereocenters.